The second-order valence-electron chi connectivity index (χ2n) is 6.68. The molecule has 0 unspecified atom stereocenters. The van der Waals surface area contributed by atoms with E-state index < -0.39 is 29.1 Å². The average Bonchev–Trinajstić information content (AvgIpc) is 2.90. The lowest BCUT2D eigenvalue weighted by molar-refractivity contribution is -0.137. The van der Waals surface area contributed by atoms with E-state index in [0.717, 1.165) is 6.07 Å². The van der Waals surface area contributed by atoms with Gasteiger partial charge in [-0.05, 0) is 51.3 Å². The van der Waals surface area contributed by atoms with Crippen LogP contribution in [0.25, 0.3) is 0 Å². The third-order valence-electron chi connectivity index (χ3n) is 4.42. The van der Waals surface area contributed by atoms with Crippen LogP contribution in [-0.4, -0.2) is 22.9 Å². The molecule has 1 fully saturated rings. The minimum Gasteiger partial charge on any atom is -0.330 e. The van der Waals surface area contributed by atoms with E-state index in [1.807, 2.05) is 0 Å². The third kappa shape index (κ3) is 3.35. The van der Waals surface area contributed by atoms with Crippen LogP contribution in [0.3, 0.4) is 0 Å². The molecule has 124 valence electrons. The van der Waals surface area contributed by atoms with Gasteiger partial charge in [0.2, 0.25) is 5.91 Å². The zero-order chi connectivity index (χ0) is 17.4. The van der Waals surface area contributed by atoms with Gasteiger partial charge in [0.25, 0.3) is 0 Å². The van der Waals surface area contributed by atoms with Gasteiger partial charge in [0.15, 0.2) is 0 Å². The summed E-state index contributed by atoms with van der Waals surface area (Å²) in [6, 6.07) is 3.92. The van der Waals surface area contributed by atoms with Crippen LogP contribution in [-0.2, 0) is 4.79 Å². The molecule has 4 nitrogen and oxygen atoms in total. The first-order chi connectivity index (χ1) is 10.7. The minimum atomic E-state index is -0.773. The maximum atomic E-state index is 13.5. The predicted octanol–water partition coefficient (Wildman–Crippen LogP) is 2.89. The minimum absolute atomic E-state index is 0.314. The molecule has 0 spiro atoms. The van der Waals surface area contributed by atoms with Crippen molar-refractivity contribution >= 4 is 5.91 Å². The molecule has 0 aromatic heterocycles. The quantitative estimate of drug-likeness (QED) is 0.930. The number of carbonyl (C=O) groups is 1. The van der Waals surface area contributed by atoms with Gasteiger partial charge in [-0.3, -0.25) is 4.79 Å². The van der Waals surface area contributed by atoms with Gasteiger partial charge in [0.1, 0.15) is 11.6 Å². The van der Waals surface area contributed by atoms with Gasteiger partial charge in [-0.15, -0.1) is 0 Å². The highest BCUT2D eigenvalue weighted by molar-refractivity contribution is 5.82. The third-order valence-corrected chi connectivity index (χ3v) is 4.42. The Balaban J connectivity index is 2.47. The van der Waals surface area contributed by atoms with Crippen LogP contribution in [0.5, 0.6) is 0 Å². The molecule has 0 saturated carbocycles. The van der Waals surface area contributed by atoms with Gasteiger partial charge in [0, 0.05) is 6.07 Å². The SMILES string of the molecule is C[C@@H](N)C(=O)N1[C@H](c2cc(F)cc(F)c2)CC[C@@H]1C(C)(C)C#N. The molecular formula is C17H21F2N3O. The Morgan fingerprint density at radius 3 is 2.39 bits per heavy atom. The molecule has 23 heavy (non-hydrogen) atoms. The van der Waals surface area contributed by atoms with Crippen molar-refractivity contribution in [2.24, 2.45) is 11.1 Å². The molecule has 1 amide bonds. The van der Waals surface area contributed by atoms with E-state index in [-0.39, 0.29) is 11.9 Å². The van der Waals surface area contributed by atoms with Gasteiger partial charge in [-0.25, -0.2) is 8.78 Å². The number of carbonyl (C=O) groups excluding carboxylic acids is 1. The first-order valence-electron chi connectivity index (χ1n) is 7.62. The molecule has 2 rings (SSSR count). The van der Waals surface area contributed by atoms with Gasteiger partial charge in [0.05, 0.1) is 29.6 Å². The average molecular weight is 321 g/mol. The topological polar surface area (TPSA) is 70.1 Å². The van der Waals surface area contributed by atoms with Crippen LogP contribution in [0.2, 0.25) is 0 Å². The van der Waals surface area contributed by atoms with Crippen LogP contribution >= 0.6 is 0 Å². The molecule has 0 aliphatic carbocycles. The summed E-state index contributed by atoms with van der Waals surface area (Å²) in [5, 5.41) is 9.40. The first kappa shape index (κ1) is 17.4. The molecule has 1 aliphatic heterocycles. The second kappa shape index (κ2) is 6.25. The maximum absolute atomic E-state index is 13.5. The lowest BCUT2D eigenvalue weighted by Crippen LogP contribution is -2.50. The summed E-state index contributed by atoms with van der Waals surface area (Å²) in [4.78, 5) is 14.1. The van der Waals surface area contributed by atoms with Crippen molar-refractivity contribution in [2.45, 2.75) is 51.7 Å². The van der Waals surface area contributed by atoms with E-state index in [0.29, 0.717) is 18.4 Å². The fourth-order valence-electron chi connectivity index (χ4n) is 3.23. The molecule has 6 heteroatoms. The molecule has 1 heterocycles. The monoisotopic (exact) mass is 321 g/mol. The molecule has 0 bridgehead atoms. The van der Waals surface area contributed by atoms with E-state index in [1.165, 1.54) is 12.1 Å². The summed E-state index contributed by atoms with van der Waals surface area (Å²) < 4.78 is 27.1. The van der Waals surface area contributed by atoms with Crippen molar-refractivity contribution < 1.29 is 13.6 Å². The Labute approximate surface area is 134 Å². The highest BCUT2D eigenvalue weighted by atomic mass is 19.1. The largest absolute Gasteiger partial charge is 0.330 e. The van der Waals surface area contributed by atoms with Crippen molar-refractivity contribution in [1.29, 1.82) is 5.26 Å². The molecule has 1 aliphatic rings. The zero-order valence-electron chi connectivity index (χ0n) is 13.5. The van der Waals surface area contributed by atoms with E-state index in [9.17, 15) is 18.8 Å². The Kier molecular flexibility index (Phi) is 4.71. The number of nitrogens with zero attached hydrogens (tertiary/aromatic N) is 2. The van der Waals surface area contributed by atoms with E-state index in [1.54, 1.807) is 25.7 Å². The number of benzene rings is 1. The summed E-state index contributed by atoms with van der Waals surface area (Å²) in [5.41, 5.74) is 5.36. The molecular weight excluding hydrogens is 300 g/mol. The Hall–Kier alpha value is -2.00. The Bertz CT molecular complexity index is 631. The van der Waals surface area contributed by atoms with Crippen molar-refractivity contribution in [3.05, 3.63) is 35.4 Å². The number of hydrogen-bond acceptors (Lipinski definition) is 3. The van der Waals surface area contributed by atoms with Crippen LogP contribution < -0.4 is 5.73 Å². The molecule has 1 aromatic rings. The normalized spacial score (nSPS) is 22.7. The number of halogens is 2. The molecule has 1 saturated heterocycles. The van der Waals surface area contributed by atoms with Crippen LogP contribution in [0.15, 0.2) is 18.2 Å². The van der Waals surface area contributed by atoms with E-state index >= 15 is 0 Å². The van der Waals surface area contributed by atoms with Gasteiger partial charge in [-0.2, -0.15) is 5.26 Å². The van der Waals surface area contributed by atoms with E-state index in [4.69, 9.17) is 5.73 Å². The lowest BCUT2D eigenvalue weighted by Gasteiger charge is -2.37. The fraction of sp³-hybridized carbons (Fsp3) is 0.529. The lowest BCUT2D eigenvalue weighted by atomic mass is 9.84. The molecule has 3 atom stereocenters. The number of rotatable bonds is 3. The van der Waals surface area contributed by atoms with E-state index in [2.05, 4.69) is 6.07 Å². The number of hydrogen-bond donors (Lipinski definition) is 1. The van der Waals surface area contributed by atoms with Crippen LogP contribution in [0.4, 0.5) is 8.78 Å². The summed E-state index contributed by atoms with van der Waals surface area (Å²) in [6.45, 7) is 5.08. The molecule has 1 aromatic carbocycles. The van der Waals surface area contributed by atoms with Gasteiger partial charge in [-0.1, -0.05) is 0 Å². The highest BCUT2D eigenvalue weighted by Crippen LogP contribution is 2.43. The highest BCUT2D eigenvalue weighted by Gasteiger charge is 2.46. The van der Waals surface area contributed by atoms with Crippen molar-refractivity contribution in [3.63, 3.8) is 0 Å². The first-order valence-corrected chi connectivity index (χ1v) is 7.62. The van der Waals surface area contributed by atoms with Crippen LogP contribution in [0.1, 0.15) is 45.2 Å². The van der Waals surface area contributed by atoms with Crippen molar-refractivity contribution in [1.82, 2.24) is 4.90 Å². The number of nitrogens with two attached hydrogens (primary N) is 1. The van der Waals surface area contributed by atoms with Crippen LogP contribution in [0, 0.1) is 28.4 Å². The molecule has 2 N–H and O–H groups in total. The summed E-state index contributed by atoms with van der Waals surface area (Å²) in [7, 11) is 0. The second-order valence-corrected chi connectivity index (χ2v) is 6.68. The number of likely N-dealkylation sites (tertiary alicyclic amines) is 1. The summed E-state index contributed by atoms with van der Waals surface area (Å²) >= 11 is 0. The summed E-state index contributed by atoms with van der Waals surface area (Å²) in [6.07, 6.45) is 1.12. The van der Waals surface area contributed by atoms with Gasteiger partial charge >= 0.3 is 0 Å². The van der Waals surface area contributed by atoms with Gasteiger partial charge < -0.3 is 10.6 Å². The standard InChI is InChI=1S/C17H21F2N3O/c1-10(21)16(23)22-14(4-5-15(22)17(2,3)9-20)11-6-12(18)8-13(19)7-11/h6-8,10,14-15H,4-5,21H2,1-3H3/t10-,14+,15-/m1/s1. The van der Waals surface area contributed by atoms with Crippen molar-refractivity contribution in [3.8, 4) is 6.07 Å². The summed E-state index contributed by atoms with van der Waals surface area (Å²) in [5.74, 6) is -1.68. The zero-order valence-corrected chi connectivity index (χ0v) is 13.5. The number of nitriles is 1. The Morgan fingerprint density at radius 2 is 1.91 bits per heavy atom. The maximum Gasteiger partial charge on any atom is 0.240 e. The fourth-order valence-corrected chi connectivity index (χ4v) is 3.23. The van der Waals surface area contributed by atoms with Crippen molar-refractivity contribution in [2.75, 3.05) is 0 Å². The number of amides is 1. The smallest absolute Gasteiger partial charge is 0.240 e. The molecule has 0 radical (unpaired) electrons. The Morgan fingerprint density at radius 1 is 1.35 bits per heavy atom. The predicted molar refractivity (Wildman–Crippen MR) is 82.0 cm³/mol.